The molecule has 22 heavy (non-hydrogen) atoms. The molecule has 6 nitrogen and oxygen atoms in total. The Kier molecular flexibility index (Phi) is 4.90. The fourth-order valence-corrected chi connectivity index (χ4v) is 3.04. The van der Waals surface area contributed by atoms with Gasteiger partial charge in [0.2, 0.25) is 0 Å². The molecule has 1 aliphatic carbocycles. The van der Waals surface area contributed by atoms with E-state index in [1.165, 1.54) is 13.2 Å². The molecule has 1 aromatic rings. The minimum atomic E-state index is -0.933. The van der Waals surface area contributed by atoms with E-state index < -0.39 is 17.4 Å². The molecule has 1 amide bonds. The fraction of sp³-hybridized carbons (Fsp3) is 0.500. The predicted molar refractivity (Wildman–Crippen MR) is 80.2 cm³/mol. The average Bonchev–Trinajstić information content (AvgIpc) is 2.47. The van der Waals surface area contributed by atoms with Crippen LogP contribution in [0.4, 0.5) is 0 Å². The van der Waals surface area contributed by atoms with Crippen LogP contribution in [-0.2, 0) is 4.79 Å². The number of aromatic hydroxyl groups is 1. The minimum Gasteiger partial charge on any atom is -0.504 e. The van der Waals surface area contributed by atoms with Crippen LogP contribution in [-0.4, -0.2) is 34.7 Å². The van der Waals surface area contributed by atoms with Gasteiger partial charge in [-0.05, 0) is 25.0 Å². The molecule has 0 bridgehead atoms. The monoisotopic (exact) mass is 307 g/mol. The molecule has 0 atom stereocenters. The Morgan fingerprint density at radius 3 is 2.55 bits per heavy atom. The number of phenolic OH excluding ortho intramolecular Hbond substituents is 1. The number of para-hydroxylation sites is 1. The van der Waals surface area contributed by atoms with Crippen LogP contribution in [0.5, 0.6) is 11.5 Å². The number of methoxy groups -OCH3 is 1. The Morgan fingerprint density at radius 1 is 1.27 bits per heavy atom. The van der Waals surface area contributed by atoms with Gasteiger partial charge in [0.15, 0.2) is 11.5 Å². The quantitative estimate of drug-likeness (QED) is 0.775. The maximum absolute atomic E-state index is 12.5. The Labute approximate surface area is 129 Å². The van der Waals surface area contributed by atoms with Crippen molar-refractivity contribution in [3.05, 3.63) is 23.8 Å². The third kappa shape index (κ3) is 3.50. The molecule has 0 spiro atoms. The van der Waals surface area contributed by atoms with Crippen LogP contribution in [0.3, 0.4) is 0 Å². The van der Waals surface area contributed by atoms with Gasteiger partial charge < -0.3 is 20.3 Å². The number of carboxylic acid groups (broad SMARTS) is 1. The number of benzene rings is 1. The lowest BCUT2D eigenvalue weighted by Gasteiger charge is -2.37. The summed E-state index contributed by atoms with van der Waals surface area (Å²) in [5.41, 5.74) is -0.647. The fourth-order valence-electron chi connectivity index (χ4n) is 3.04. The third-order valence-electron chi connectivity index (χ3n) is 4.14. The highest BCUT2D eigenvalue weighted by atomic mass is 16.5. The van der Waals surface area contributed by atoms with Crippen molar-refractivity contribution in [3.8, 4) is 11.5 Å². The van der Waals surface area contributed by atoms with Crippen molar-refractivity contribution >= 4 is 11.9 Å². The number of hydrogen-bond acceptors (Lipinski definition) is 4. The van der Waals surface area contributed by atoms with E-state index >= 15 is 0 Å². The molecule has 6 heteroatoms. The topological polar surface area (TPSA) is 95.9 Å². The zero-order valence-electron chi connectivity index (χ0n) is 12.6. The molecule has 1 aromatic carbocycles. The van der Waals surface area contributed by atoms with Gasteiger partial charge in [0.1, 0.15) is 0 Å². The number of aliphatic carboxylic acids is 1. The first-order valence-electron chi connectivity index (χ1n) is 7.38. The molecular weight excluding hydrogens is 286 g/mol. The van der Waals surface area contributed by atoms with Crippen LogP contribution >= 0.6 is 0 Å². The summed E-state index contributed by atoms with van der Waals surface area (Å²) in [6.45, 7) is 0. The zero-order valence-corrected chi connectivity index (χ0v) is 12.6. The molecule has 120 valence electrons. The number of phenols is 1. The van der Waals surface area contributed by atoms with Crippen LogP contribution in [0.15, 0.2) is 18.2 Å². The van der Waals surface area contributed by atoms with Gasteiger partial charge >= 0.3 is 5.97 Å². The van der Waals surface area contributed by atoms with Crippen LogP contribution in [0.2, 0.25) is 0 Å². The molecule has 0 heterocycles. The third-order valence-corrected chi connectivity index (χ3v) is 4.14. The van der Waals surface area contributed by atoms with Crippen molar-refractivity contribution in [3.63, 3.8) is 0 Å². The summed E-state index contributed by atoms with van der Waals surface area (Å²) < 4.78 is 4.99. The second kappa shape index (κ2) is 6.68. The van der Waals surface area contributed by atoms with Gasteiger partial charge in [0.05, 0.1) is 24.6 Å². The lowest BCUT2D eigenvalue weighted by Crippen LogP contribution is -2.51. The van der Waals surface area contributed by atoms with E-state index in [1.807, 2.05) is 0 Å². The summed E-state index contributed by atoms with van der Waals surface area (Å²) in [5, 5.41) is 22.0. The van der Waals surface area contributed by atoms with E-state index in [2.05, 4.69) is 5.32 Å². The maximum atomic E-state index is 12.5. The van der Waals surface area contributed by atoms with Crippen LogP contribution in [0.1, 0.15) is 48.9 Å². The molecule has 0 aromatic heterocycles. The minimum absolute atomic E-state index is 0.0923. The molecule has 1 aliphatic rings. The molecule has 1 fully saturated rings. The molecule has 0 aliphatic heterocycles. The summed E-state index contributed by atoms with van der Waals surface area (Å²) in [7, 11) is 1.41. The summed E-state index contributed by atoms with van der Waals surface area (Å²) in [6.07, 6.45) is 3.98. The zero-order chi connectivity index (χ0) is 16.2. The SMILES string of the molecule is COc1cccc(C(=O)NC2(CC(=O)O)CCCCC2)c1O. The van der Waals surface area contributed by atoms with E-state index in [0.29, 0.717) is 12.8 Å². The Balaban J connectivity index is 2.23. The van der Waals surface area contributed by atoms with Crippen molar-refractivity contribution in [1.82, 2.24) is 5.32 Å². The number of carboxylic acids is 1. The van der Waals surface area contributed by atoms with E-state index in [4.69, 9.17) is 9.84 Å². The average molecular weight is 307 g/mol. The highest BCUT2D eigenvalue weighted by Gasteiger charge is 2.36. The van der Waals surface area contributed by atoms with Gasteiger partial charge in [-0.25, -0.2) is 0 Å². The van der Waals surface area contributed by atoms with Gasteiger partial charge in [0, 0.05) is 0 Å². The highest BCUT2D eigenvalue weighted by Crippen LogP contribution is 2.33. The van der Waals surface area contributed by atoms with Crippen LogP contribution in [0.25, 0.3) is 0 Å². The number of hydrogen-bond donors (Lipinski definition) is 3. The number of amides is 1. The number of rotatable bonds is 5. The van der Waals surface area contributed by atoms with Crippen molar-refractivity contribution in [2.45, 2.75) is 44.1 Å². The smallest absolute Gasteiger partial charge is 0.305 e. The molecule has 0 radical (unpaired) electrons. The lowest BCUT2D eigenvalue weighted by molar-refractivity contribution is -0.139. The molecule has 3 N–H and O–H groups in total. The Bertz CT molecular complexity index is 564. The molecule has 1 saturated carbocycles. The number of carbonyl (C=O) groups excluding carboxylic acids is 1. The van der Waals surface area contributed by atoms with Gasteiger partial charge in [-0.1, -0.05) is 25.3 Å². The van der Waals surface area contributed by atoms with Crippen LogP contribution in [0, 0.1) is 0 Å². The first kappa shape index (κ1) is 16.1. The number of carbonyl (C=O) groups is 2. The summed E-state index contributed by atoms with van der Waals surface area (Å²) in [4.78, 5) is 23.6. The van der Waals surface area contributed by atoms with Gasteiger partial charge in [-0.15, -0.1) is 0 Å². The lowest BCUT2D eigenvalue weighted by atomic mass is 9.79. The largest absolute Gasteiger partial charge is 0.504 e. The molecule has 0 unspecified atom stereocenters. The van der Waals surface area contributed by atoms with Crippen LogP contribution < -0.4 is 10.1 Å². The second-order valence-corrected chi connectivity index (χ2v) is 5.72. The molecule has 2 rings (SSSR count). The van der Waals surface area contributed by atoms with E-state index in [0.717, 1.165) is 19.3 Å². The number of ether oxygens (including phenoxy) is 1. The van der Waals surface area contributed by atoms with E-state index in [1.54, 1.807) is 12.1 Å². The molecule has 0 saturated heterocycles. The first-order valence-corrected chi connectivity index (χ1v) is 7.38. The predicted octanol–water partition coefficient (Wildman–Crippen LogP) is 2.31. The van der Waals surface area contributed by atoms with Crippen molar-refractivity contribution in [1.29, 1.82) is 0 Å². The van der Waals surface area contributed by atoms with E-state index in [9.17, 15) is 14.7 Å². The summed E-state index contributed by atoms with van der Waals surface area (Å²) >= 11 is 0. The van der Waals surface area contributed by atoms with Crippen molar-refractivity contribution in [2.24, 2.45) is 0 Å². The first-order chi connectivity index (χ1) is 10.5. The maximum Gasteiger partial charge on any atom is 0.305 e. The Hall–Kier alpha value is -2.24. The second-order valence-electron chi connectivity index (χ2n) is 5.72. The normalized spacial score (nSPS) is 16.8. The van der Waals surface area contributed by atoms with Gasteiger partial charge in [0.25, 0.3) is 5.91 Å². The highest BCUT2D eigenvalue weighted by molar-refractivity contribution is 5.98. The van der Waals surface area contributed by atoms with Crippen molar-refractivity contribution < 1.29 is 24.5 Å². The van der Waals surface area contributed by atoms with Gasteiger partial charge in [-0.2, -0.15) is 0 Å². The van der Waals surface area contributed by atoms with E-state index in [-0.39, 0.29) is 23.5 Å². The van der Waals surface area contributed by atoms with Gasteiger partial charge in [-0.3, -0.25) is 9.59 Å². The van der Waals surface area contributed by atoms with Crippen molar-refractivity contribution in [2.75, 3.05) is 7.11 Å². The summed E-state index contributed by atoms with van der Waals surface area (Å²) in [6, 6.07) is 4.66. The number of nitrogens with one attached hydrogen (secondary N) is 1. The summed E-state index contributed by atoms with van der Waals surface area (Å²) in [5.74, 6) is -1.43. The Morgan fingerprint density at radius 2 is 1.95 bits per heavy atom. The molecular formula is C16H21NO5. The standard InChI is InChI=1S/C16H21NO5/c1-22-12-7-5-6-11(14(12)20)15(21)17-16(10-13(18)19)8-3-2-4-9-16/h5-7,20H,2-4,8-10H2,1H3,(H,17,21)(H,18,19).